The van der Waals surface area contributed by atoms with Crippen molar-refractivity contribution >= 4 is 23.2 Å². The summed E-state index contributed by atoms with van der Waals surface area (Å²) in [4.78, 5) is 16.6. The number of anilines is 1. The average Bonchev–Trinajstić information content (AvgIpc) is 2.70. The molecule has 1 saturated heterocycles. The predicted molar refractivity (Wildman–Crippen MR) is 110 cm³/mol. The second-order valence-electron chi connectivity index (χ2n) is 6.84. The molecule has 1 N–H and O–H groups in total. The minimum absolute atomic E-state index is 0.0196. The molecular weight excluding hydrogens is 400 g/mol. The van der Waals surface area contributed by atoms with Gasteiger partial charge in [-0.3, -0.25) is 9.69 Å². The van der Waals surface area contributed by atoms with E-state index in [9.17, 15) is 13.6 Å². The molecule has 1 heterocycles. The first-order chi connectivity index (χ1) is 14.0. The highest BCUT2D eigenvalue weighted by Gasteiger charge is 2.20. The van der Waals surface area contributed by atoms with Crippen molar-refractivity contribution in [3.05, 3.63) is 59.1 Å². The lowest BCUT2D eigenvalue weighted by Crippen LogP contribution is -2.49. The van der Waals surface area contributed by atoms with Gasteiger partial charge in [0, 0.05) is 32.7 Å². The summed E-state index contributed by atoms with van der Waals surface area (Å²) in [6, 6.07) is 14.2. The van der Waals surface area contributed by atoms with Crippen LogP contribution in [-0.2, 0) is 11.2 Å². The predicted octanol–water partition coefficient (Wildman–Crippen LogP) is 3.42. The Morgan fingerprint density at radius 1 is 1.07 bits per heavy atom. The maximum Gasteiger partial charge on any atom is 0.387 e. The minimum atomic E-state index is -2.83. The molecule has 0 bridgehead atoms. The monoisotopic (exact) mass is 423 g/mol. The molecule has 8 heteroatoms. The van der Waals surface area contributed by atoms with Gasteiger partial charge in [-0.15, -0.1) is 0 Å². The number of nitrogens with one attached hydrogen (secondary N) is 1. The van der Waals surface area contributed by atoms with Crippen molar-refractivity contribution in [2.75, 3.05) is 44.2 Å². The fourth-order valence-corrected chi connectivity index (χ4v) is 3.55. The van der Waals surface area contributed by atoms with E-state index < -0.39 is 6.61 Å². The number of benzene rings is 2. The number of nitrogens with zero attached hydrogens (tertiary/aromatic N) is 2. The first kappa shape index (κ1) is 21.3. The van der Waals surface area contributed by atoms with E-state index in [4.69, 9.17) is 11.6 Å². The third kappa shape index (κ3) is 6.58. The van der Waals surface area contributed by atoms with Crippen LogP contribution in [0.1, 0.15) is 5.56 Å². The van der Waals surface area contributed by atoms with E-state index in [-0.39, 0.29) is 11.7 Å². The summed E-state index contributed by atoms with van der Waals surface area (Å²) in [7, 11) is 0. The topological polar surface area (TPSA) is 44.8 Å². The van der Waals surface area contributed by atoms with Gasteiger partial charge in [-0.1, -0.05) is 35.9 Å². The molecule has 1 fully saturated rings. The van der Waals surface area contributed by atoms with Gasteiger partial charge in [-0.2, -0.15) is 8.78 Å². The number of alkyl halides is 2. The molecule has 1 amide bonds. The van der Waals surface area contributed by atoms with Crippen molar-refractivity contribution in [2.24, 2.45) is 0 Å². The highest BCUT2D eigenvalue weighted by atomic mass is 35.5. The van der Waals surface area contributed by atoms with E-state index in [1.165, 1.54) is 12.1 Å². The van der Waals surface area contributed by atoms with Crippen LogP contribution in [0.15, 0.2) is 48.5 Å². The Bertz CT molecular complexity index is 797. The lowest BCUT2D eigenvalue weighted by atomic mass is 10.1. The van der Waals surface area contributed by atoms with Gasteiger partial charge >= 0.3 is 6.61 Å². The molecule has 0 aromatic heterocycles. The Morgan fingerprint density at radius 2 is 1.76 bits per heavy atom. The van der Waals surface area contributed by atoms with Gasteiger partial charge in [0.1, 0.15) is 5.75 Å². The molecule has 156 valence electrons. The van der Waals surface area contributed by atoms with Crippen molar-refractivity contribution < 1.29 is 18.3 Å². The number of carbonyl (C=O) groups excluding carboxylic acids is 1. The summed E-state index contributed by atoms with van der Waals surface area (Å²) in [6.07, 6.45) is 0.626. The Balaban J connectivity index is 1.36. The largest absolute Gasteiger partial charge is 0.435 e. The van der Waals surface area contributed by atoms with Crippen molar-refractivity contribution in [3.8, 4) is 5.75 Å². The molecule has 0 radical (unpaired) electrons. The SMILES string of the molecule is O=C(CN1CCN(c2ccccc2Cl)CC1)NCCc1ccc(OC(F)F)cc1. The smallest absolute Gasteiger partial charge is 0.387 e. The Morgan fingerprint density at radius 3 is 2.41 bits per heavy atom. The van der Waals surface area contributed by atoms with Crippen LogP contribution in [-0.4, -0.2) is 56.7 Å². The maximum absolute atomic E-state index is 12.2. The summed E-state index contributed by atoms with van der Waals surface area (Å²) < 4.78 is 28.6. The highest BCUT2D eigenvalue weighted by molar-refractivity contribution is 6.33. The van der Waals surface area contributed by atoms with Crippen LogP contribution in [0.3, 0.4) is 0 Å². The molecule has 5 nitrogen and oxygen atoms in total. The zero-order chi connectivity index (χ0) is 20.6. The van der Waals surface area contributed by atoms with Crippen LogP contribution in [0.25, 0.3) is 0 Å². The first-order valence-electron chi connectivity index (χ1n) is 9.53. The standard InChI is InChI=1S/C21H24ClF2N3O2/c22-18-3-1-2-4-19(18)27-13-11-26(12-14-27)15-20(28)25-10-9-16-5-7-17(8-6-16)29-21(23)24/h1-8,21H,9-15H2,(H,25,28). The van der Waals surface area contributed by atoms with Crippen LogP contribution < -0.4 is 15.0 Å². The third-order valence-electron chi connectivity index (χ3n) is 4.82. The summed E-state index contributed by atoms with van der Waals surface area (Å²) in [5.74, 6) is 0.109. The molecule has 0 saturated carbocycles. The van der Waals surface area contributed by atoms with Gasteiger partial charge < -0.3 is 15.0 Å². The van der Waals surface area contributed by atoms with Crippen molar-refractivity contribution in [1.82, 2.24) is 10.2 Å². The van der Waals surface area contributed by atoms with E-state index in [1.807, 2.05) is 24.3 Å². The minimum Gasteiger partial charge on any atom is -0.435 e. The van der Waals surface area contributed by atoms with E-state index in [0.29, 0.717) is 19.5 Å². The molecule has 2 aromatic carbocycles. The molecule has 29 heavy (non-hydrogen) atoms. The van der Waals surface area contributed by atoms with Crippen molar-refractivity contribution in [1.29, 1.82) is 0 Å². The molecule has 0 spiro atoms. The van der Waals surface area contributed by atoms with Crippen LogP contribution in [0, 0.1) is 0 Å². The first-order valence-corrected chi connectivity index (χ1v) is 9.91. The maximum atomic E-state index is 12.2. The molecule has 0 aliphatic carbocycles. The number of hydrogen-bond donors (Lipinski definition) is 1. The number of ether oxygens (including phenoxy) is 1. The van der Waals surface area contributed by atoms with Gasteiger partial charge in [0.15, 0.2) is 0 Å². The Labute approximate surface area is 174 Å². The fraction of sp³-hybridized carbons (Fsp3) is 0.381. The number of amides is 1. The van der Waals surface area contributed by atoms with E-state index in [1.54, 1.807) is 12.1 Å². The van der Waals surface area contributed by atoms with E-state index in [2.05, 4.69) is 19.9 Å². The number of piperazine rings is 1. The van der Waals surface area contributed by atoms with Crippen molar-refractivity contribution in [2.45, 2.75) is 13.0 Å². The summed E-state index contributed by atoms with van der Waals surface area (Å²) >= 11 is 6.26. The van der Waals surface area contributed by atoms with E-state index in [0.717, 1.165) is 42.5 Å². The zero-order valence-corrected chi connectivity index (χ0v) is 16.7. The summed E-state index contributed by atoms with van der Waals surface area (Å²) in [6.45, 7) is 1.26. The zero-order valence-electron chi connectivity index (χ0n) is 16.0. The van der Waals surface area contributed by atoms with Gasteiger partial charge in [0.25, 0.3) is 0 Å². The lowest BCUT2D eigenvalue weighted by Gasteiger charge is -2.36. The van der Waals surface area contributed by atoms with Gasteiger partial charge in [-0.05, 0) is 36.2 Å². The molecular formula is C21H24ClF2N3O2. The fourth-order valence-electron chi connectivity index (χ4n) is 3.30. The van der Waals surface area contributed by atoms with Crippen LogP contribution in [0.2, 0.25) is 5.02 Å². The average molecular weight is 424 g/mol. The molecule has 1 aliphatic heterocycles. The number of para-hydroxylation sites is 1. The van der Waals surface area contributed by atoms with Gasteiger partial charge in [0.05, 0.1) is 17.3 Å². The van der Waals surface area contributed by atoms with Crippen LogP contribution in [0.5, 0.6) is 5.75 Å². The summed E-state index contributed by atoms with van der Waals surface area (Å²) in [5, 5.41) is 3.65. The molecule has 2 aromatic rings. The Kier molecular flexibility index (Phi) is 7.66. The number of hydrogen-bond acceptors (Lipinski definition) is 4. The van der Waals surface area contributed by atoms with Crippen molar-refractivity contribution in [3.63, 3.8) is 0 Å². The van der Waals surface area contributed by atoms with Crippen LogP contribution in [0.4, 0.5) is 14.5 Å². The number of rotatable bonds is 8. The number of halogens is 3. The van der Waals surface area contributed by atoms with Gasteiger partial charge in [0.2, 0.25) is 5.91 Å². The second-order valence-corrected chi connectivity index (χ2v) is 7.24. The Hall–Kier alpha value is -2.38. The summed E-state index contributed by atoms with van der Waals surface area (Å²) in [5.41, 5.74) is 1.98. The van der Waals surface area contributed by atoms with E-state index >= 15 is 0 Å². The molecule has 0 unspecified atom stereocenters. The van der Waals surface area contributed by atoms with Gasteiger partial charge in [-0.25, -0.2) is 0 Å². The lowest BCUT2D eigenvalue weighted by molar-refractivity contribution is -0.122. The van der Waals surface area contributed by atoms with Crippen LogP contribution >= 0.6 is 11.6 Å². The third-order valence-corrected chi connectivity index (χ3v) is 5.14. The normalized spacial score (nSPS) is 14.8. The quantitative estimate of drug-likeness (QED) is 0.706. The molecule has 0 atom stereocenters. The second kappa shape index (κ2) is 10.4. The molecule has 3 rings (SSSR count). The highest BCUT2D eigenvalue weighted by Crippen LogP contribution is 2.25. The number of carbonyl (C=O) groups is 1. The molecule has 1 aliphatic rings.